The lowest BCUT2D eigenvalue weighted by Crippen LogP contribution is -2.04. The fourth-order valence-electron chi connectivity index (χ4n) is 1.84. The first-order valence-corrected chi connectivity index (χ1v) is 6.93. The summed E-state index contributed by atoms with van der Waals surface area (Å²) in [6.07, 6.45) is 1.75. The van der Waals surface area contributed by atoms with Gasteiger partial charge in [0.25, 0.3) is 0 Å². The van der Waals surface area contributed by atoms with Crippen molar-refractivity contribution in [2.24, 2.45) is 12.8 Å². The van der Waals surface area contributed by atoms with Gasteiger partial charge in [-0.3, -0.25) is 0 Å². The van der Waals surface area contributed by atoms with Crippen LogP contribution in [0.25, 0.3) is 0 Å². The van der Waals surface area contributed by atoms with Gasteiger partial charge in [-0.15, -0.1) is 0 Å². The minimum absolute atomic E-state index is 0.411. The minimum atomic E-state index is 0.411. The Kier molecular flexibility index (Phi) is 4.43. The molecule has 5 heteroatoms. The van der Waals surface area contributed by atoms with Crippen molar-refractivity contribution in [1.82, 2.24) is 9.55 Å². The summed E-state index contributed by atoms with van der Waals surface area (Å²) in [5.74, 6) is 0.825. The Morgan fingerprint density at radius 2 is 1.94 bits per heavy atom. The number of imidazole rings is 1. The molecule has 0 aliphatic rings. The molecule has 0 fully saturated rings. The summed E-state index contributed by atoms with van der Waals surface area (Å²) in [5, 5.41) is 0.688. The van der Waals surface area contributed by atoms with Crippen LogP contribution in [0.3, 0.4) is 0 Å². The van der Waals surface area contributed by atoms with E-state index in [1.807, 2.05) is 23.7 Å². The number of hydrogen-bond donors (Lipinski definition) is 1. The number of benzene rings is 1. The van der Waals surface area contributed by atoms with Gasteiger partial charge in [0.2, 0.25) is 0 Å². The largest absolute Gasteiger partial charge is 0.324 e. The summed E-state index contributed by atoms with van der Waals surface area (Å²) < 4.78 is 2.94. The van der Waals surface area contributed by atoms with Crippen molar-refractivity contribution < 1.29 is 0 Å². The van der Waals surface area contributed by atoms with E-state index < -0.39 is 0 Å². The number of rotatable bonds is 4. The van der Waals surface area contributed by atoms with Crippen molar-refractivity contribution in [2.45, 2.75) is 19.4 Å². The van der Waals surface area contributed by atoms with Crippen molar-refractivity contribution in [1.29, 1.82) is 0 Å². The standard InChI is InChI=1S/C13H15BrClN3/c1-18-12(8-16)17-11(13(18)15)7-4-9-2-5-10(14)6-3-9/h2-3,5-6H,4,7-8,16H2,1H3. The zero-order valence-electron chi connectivity index (χ0n) is 10.2. The average Bonchev–Trinajstić information content (AvgIpc) is 2.65. The Balaban J connectivity index is 2.08. The number of hydrogen-bond acceptors (Lipinski definition) is 2. The van der Waals surface area contributed by atoms with Gasteiger partial charge in [-0.25, -0.2) is 4.98 Å². The number of nitrogens with two attached hydrogens (primary N) is 1. The van der Waals surface area contributed by atoms with Crippen LogP contribution in [0.15, 0.2) is 28.7 Å². The third kappa shape index (κ3) is 2.94. The summed E-state index contributed by atoms with van der Waals surface area (Å²) in [5.41, 5.74) is 7.80. The summed E-state index contributed by atoms with van der Waals surface area (Å²) >= 11 is 9.65. The van der Waals surface area contributed by atoms with Crippen molar-refractivity contribution in [3.05, 3.63) is 51.0 Å². The second-order valence-electron chi connectivity index (χ2n) is 4.16. The van der Waals surface area contributed by atoms with E-state index in [1.165, 1.54) is 5.56 Å². The van der Waals surface area contributed by atoms with Crippen molar-refractivity contribution >= 4 is 27.5 Å². The molecule has 2 N–H and O–H groups in total. The summed E-state index contributed by atoms with van der Waals surface area (Å²) in [7, 11) is 1.89. The van der Waals surface area contributed by atoms with Crippen LogP contribution in [0.4, 0.5) is 0 Å². The first kappa shape index (κ1) is 13.6. The van der Waals surface area contributed by atoms with E-state index in [-0.39, 0.29) is 0 Å². The number of aryl methyl sites for hydroxylation is 2. The normalized spacial score (nSPS) is 10.9. The second-order valence-corrected chi connectivity index (χ2v) is 5.43. The molecule has 0 atom stereocenters. The molecule has 0 saturated heterocycles. The maximum atomic E-state index is 6.22. The van der Waals surface area contributed by atoms with Crippen LogP contribution in [-0.4, -0.2) is 9.55 Å². The van der Waals surface area contributed by atoms with E-state index in [2.05, 4.69) is 33.0 Å². The molecule has 1 aromatic carbocycles. The van der Waals surface area contributed by atoms with Crippen LogP contribution in [0.1, 0.15) is 17.1 Å². The summed E-state index contributed by atoms with van der Waals surface area (Å²) in [6, 6.07) is 8.29. The molecule has 0 aliphatic carbocycles. The quantitative estimate of drug-likeness (QED) is 0.937. The highest BCUT2D eigenvalue weighted by Crippen LogP contribution is 2.19. The van der Waals surface area contributed by atoms with Crippen LogP contribution in [-0.2, 0) is 26.4 Å². The Labute approximate surface area is 120 Å². The van der Waals surface area contributed by atoms with Gasteiger partial charge in [0.1, 0.15) is 11.0 Å². The maximum absolute atomic E-state index is 6.22. The van der Waals surface area contributed by atoms with Gasteiger partial charge in [0.05, 0.1) is 12.2 Å². The molecule has 1 heterocycles. The first-order chi connectivity index (χ1) is 8.61. The Morgan fingerprint density at radius 1 is 1.28 bits per heavy atom. The molecular formula is C13H15BrClN3. The van der Waals surface area contributed by atoms with Gasteiger partial charge in [-0.1, -0.05) is 39.7 Å². The Morgan fingerprint density at radius 3 is 2.50 bits per heavy atom. The van der Waals surface area contributed by atoms with Crippen LogP contribution in [0.2, 0.25) is 5.15 Å². The number of halogens is 2. The average molecular weight is 329 g/mol. The molecule has 0 saturated carbocycles. The van der Waals surface area contributed by atoms with Gasteiger partial charge in [-0.2, -0.15) is 0 Å². The topological polar surface area (TPSA) is 43.8 Å². The Bertz CT molecular complexity index is 534. The van der Waals surface area contributed by atoms with E-state index >= 15 is 0 Å². The third-order valence-corrected chi connectivity index (χ3v) is 3.93. The second kappa shape index (κ2) is 5.87. The lowest BCUT2D eigenvalue weighted by atomic mass is 10.1. The molecule has 3 nitrogen and oxygen atoms in total. The van der Waals surface area contributed by atoms with E-state index in [0.29, 0.717) is 11.7 Å². The minimum Gasteiger partial charge on any atom is -0.324 e. The summed E-state index contributed by atoms with van der Waals surface area (Å²) in [4.78, 5) is 4.46. The number of aromatic nitrogens is 2. The van der Waals surface area contributed by atoms with Crippen LogP contribution in [0, 0.1) is 0 Å². The van der Waals surface area contributed by atoms with Gasteiger partial charge in [0, 0.05) is 11.5 Å². The molecule has 0 aliphatic heterocycles. The highest BCUT2D eigenvalue weighted by atomic mass is 79.9. The molecule has 96 valence electrons. The van der Waals surface area contributed by atoms with Crippen LogP contribution in [0.5, 0.6) is 0 Å². The van der Waals surface area contributed by atoms with E-state index in [4.69, 9.17) is 17.3 Å². The van der Waals surface area contributed by atoms with Crippen LogP contribution < -0.4 is 5.73 Å². The first-order valence-electron chi connectivity index (χ1n) is 5.76. The zero-order chi connectivity index (χ0) is 13.1. The lowest BCUT2D eigenvalue weighted by Gasteiger charge is -2.01. The van der Waals surface area contributed by atoms with Crippen molar-refractivity contribution in [2.75, 3.05) is 0 Å². The predicted octanol–water partition coefficient (Wildman–Crippen LogP) is 3.08. The van der Waals surface area contributed by atoms with Crippen molar-refractivity contribution in [3.63, 3.8) is 0 Å². The molecule has 2 rings (SSSR count). The smallest absolute Gasteiger partial charge is 0.131 e. The molecule has 0 amide bonds. The third-order valence-electron chi connectivity index (χ3n) is 2.93. The fourth-order valence-corrected chi connectivity index (χ4v) is 2.34. The molecule has 0 unspecified atom stereocenters. The molecular weight excluding hydrogens is 314 g/mol. The van der Waals surface area contributed by atoms with Crippen molar-refractivity contribution in [3.8, 4) is 0 Å². The molecule has 18 heavy (non-hydrogen) atoms. The number of nitrogens with zero attached hydrogens (tertiary/aromatic N) is 2. The maximum Gasteiger partial charge on any atom is 0.131 e. The zero-order valence-corrected chi connectivity index (χ0v) is 12.5. The molecule has 0 bridgehead atoms. The van der Waals surface area contributed by atoms with Gasteiger partial charge in [-0.05, 0) is 30.5 Å². The van der Waals surface area contributed by atoms with Gasteiger partial charge in [0.15, 0.2) is 0 Å². The molecule has 2 aromatic rings. The molecule has 1 aromatic heterocycles. The van der Waals surface area contributed by atoms with Gasteiger partial charge < -0.3 is 10.3 Å². The van der Waals surface area contributed by atoms with E-state index in [1.54, 1.807) is 0 Å². The predicted molar refractivity (Wildman–Crippen MR) is 77.7 cm³/mol. The molecule has 0 radical (unpaired) electrons. The molecule has 0 spiro atoms. The SMILES string of the molecule is Cn1c(CN)nc(CCc2ccc(Br)cc2)c1Cl. The fraction of sp³-hybridized carbons (Fsp3) is 0.308. The summed E-state index contributed by atoms with van der Waals surface area (Å²) in [6.45, 7) is 0.411. The van der Waals surface area contributed by atoms with E-state index in [9.17, 15) is 0 Å². The Hall–Kier alpha value is -0.840. The highest BCUT2D eigenvalue weighted by Gasteiger charge is 2.11. The van der Waals surface area contributed by atoms with Crippen LogP contribution >= 0.6 is 27.5 Å². The highest BCUT2D eigenvalue weighted by molar-refractivity contribution is 9.10. The monoisotopic (exact) mass is 327 g/mol. The van der Waals surface area contributed by atoms with E-state index in [0.717, 1.165) is 28.8 Å². The van der Waals surface area contributed by atoms with Gasteiger partial charge >= 0.3 is 0 Å². The lowest BCUT2D eigenvalue weighted by molar-refractivity contribution is 0.793.